The molecule has 0 radical (unpaired) electrons. The monoisotopic (exact) mass is 526 g/mol. The quantitative estimate of drug-likeness (QED) is 0.356. The molecular formula is C21H31IN6O2. The van der Waals surface area contributed by atoms with Gasteiger partial charge in [0.15, 0.2) is 5.96 Å². The van der Waals surface area contributed by atoms with Crippen molar-refractivity contribution >= 4 is 36.0 Å². The number of ether oxygens (including phenoxy) is 1. The van der Waals surface area contributed by atoms with Gasteiger partial charge in [0.2, 0.25) is 0 Å². The summed E-state index contributed by atoms with van der Waals surface area (Å²) in [6.45, 7) is 9.17. The minimum absolute atomic E-state index is 0. The van der Waals surface area contributed by atoms with Gasteiger partial charge in [0.05, 0.1) is 19.7 Å². The highest BCUT2D eigenvalue weighted by Gasteiger charge is 2.23. The van der Waals surface area contributed by atoms with E-state index in [9.17, 15) is 4.79 Å². The molecule has 1 aliphatic heterocycles. The van der Waals surface area contributed by atoms with Gasteiger partial charge in [-0.1, -0.05) is 24.3 Å². The number of guanidine groups is 1. The Hall–Kier alpha value is -2.30. The maximum atomic E-state index is 11.9. The molecule has 1 N–H and O–H groups in total. The molecule has 30 heavy (non-hydrogen) atoms. The van der Waals surface area contributed by atoms with Crippen LogP contribution in [0.5, 0.6) is 0 Å². The summed E-state index contributed by atoms with van der Waals surface area (Å²) in [5.41, 5.74) is 2.39. The first-order valence-electron chi connectivity index (χ1n) is 10.2. The third-order valence-electron chi connectivity index (χ3n) is 4.85. The molecule has 2 heterocycles. The Bertz CT molecular complexity index is 804. The van der Waals surface area contributed by atoms with Crippen molar-refractivity contribution in [2.75, 3.05) is 39.3 Å². The molecule has 0 bridgehead atoms. The third-order valence-corrected chi connectivity index (χ3v) is 4.85. The van der Waals surface area contributed by atoms with Crippen LogP contribution in [0.15, 0.2) is 47.7 Å². The Morgan fingerprint density at radius 3 is 2.43 bits per heavy atom. The van der Waals surface area contributed by atoms with Gasteiger partial charge in [0.25, 0.3) is 0 Å². The van der Waals surface area contributed by atoms with Crippen LogP contribution in [0.4, 0.5) is 4.79 Å². The zero-order chi connectivity index (χ0) is 20.5. The molecule has 1 amide bonds. The standard InChI is InChI=1S/C21H30N6O2.HI/c1-3-22-20(25-12-14-26(15-13-25)21(28)29-4-2)23-16-18-8-5-6-9-19(18)17-27-11-7-10-24-27;/h5-11H,3-4,12-17H2,1-2H3,(H,22,23);1H. The summed E-state index contributed by atoms with van der Waals surface area (Å²) in [6, 6.07) is 10.3. The summed E-state index contributed by atoms with van der Waals surface area (Å²) in [5, 5.41) is 7.68. The maximum absolute atomic E-state index is 11.9. The van der Waals surface area contributed by atoms with Gasteiger partial charge in [-0.2, -0.15) is 5.10 Å². The van der Waals surface area contributed by atoms with E-state index in [0.29, 0.717) is 26.2 Å². The predicted molar refractivity (Wildman–Crippen MR) is 128 cm³/mol. The molecule has 8 nitrogen and oxygen atoms in total. The van der Waals surface area contributed by atoms with Gasteiger partial charge in [-0.25, -0.2) is 9.79 Å². The van der Waals surface area contributed by atoms with Crippen molar-refractivity contribution in [3.8, 4) is 0 Å². The molecule has 0 saturated carbocycles. The van der Waals surface area contributed by atoms with Crippen LogP contribution in [-0.2, 0) is 17.8 Å². The Balaban J connectivity index is 0.00000320. The fraction of sp³-hybridized carbons (Fsp3) is 0.476. The minimum Gasteiger partial charge on any atom is -0.450 e. The number of hydrogen-bond donors (Lipinski definition) is 1. The molecule has 164 valence electrons. The van der Waals surface area contributed by atoms with Crippen molar-refractivity contribution in [1.29, 1.82) is 0 Å². The topological polar surface area (TPSA) is 75.0 Å². The van der Waals surface area contributed by atoms with Gasteiger partial charge in [-0.15, -0.1) is 24.0 Å². The summed E-state index contributed by atoms with van der Waals surface area (Å²) in [7, 11) is 0. The Morgan fingerprint density at radius 2 is 1.80 bits per heavy atom. The second kappa shape index (κ2) is 12.4. The van der Waals surface area contributed by atoms with Crippen LogP contribution in [0.3, 0.4) is 0 Å². The van der Waals surface area contributed by atoms with Gasteiger partial charge in [0, 0.05) is 45.1 Å². The Morgan fingerprint density at radius 1 is 1.10 bits per heavy atom. The highest BCUT2D eigenvalue weighted by molar-refractivity contribution is 14.0. The number of halogens is 1. The molecule has 1 aromatic heterocycles. The lowest BCUT2D eigenvalue weighted by molar-refractivity contribution is 0.0914. The molecule has 1 aliphatic rings. The number of nitrogens with zero attached hydrogens (tertiary/aromatic N) is 5. The van der Waals surface area contributed by atoms with Crippen LogP contribution < -0.4 is 5.32 Å². The first-order valence-corrected chi connectivity index (χ1v) is 10.2. The van der Waals surface area contributed by atoms with E-state index in [2.05, 4.69) is 34.4 Å². The molecule has 0 aliphatic carbocycles. The van der Waals surface area contributed by atoms with E-state index in [1.165, 1.54) is 11.1 Å². The molecule has 9 heteroatoms. The predicted octanol–water partition coefficient (Wildman–Crippen LogP) is 2.79. The van der Waals surface area contributed by atoms with Crippen LogP contribution in [-0.4, -0.2) is 71.0 Å². The minimum atomic E-state index is -0.235. The second-order valence-corrected chi connectivity index (χ2v) is 6.82. The zero-order valence-corrected chi connectivity index (χ0v) is 20.0. The van der Waals surface area contributed by atoms with Crippen LogP contribution in [0, 0.1) is 0 Å². The van der Waals surface area contributed by atoms with Crippen LogP contribution in [0.25, 0.3) is 0 Å². The largest absolute Gasteiger partial charge is 0.450 e. The van der Waals surface area contributed by atoms with E-state index >= 15 is 0 Å². The summed E-state index contributed by atoms with van der Waals surface area (Å²) in [6.07, 6.45) is 3.52. The number of aliphatic imine (C=N–C) groups is 1. The number of piperazine rings is 1. The SMILES string of the molecule is CCNC(=NCc1ccccc1Cn1cccn1)N1CCN(C(=O)OCC)CC1.I. The molecule has 0 spiro atoms. The average Bonchev–Trinajstić information content (AvgIpc) is 3.25. The molecule has 0 unspecified atom stereocenters. The van der Waals surface area contributed by atoms with E-state index in [4.69, 9.17) is 9.73 Å². The van der Waals surface area contributed by atoms with Crippen molar-refractivity contribution in [1.82, 2.24) is 24.9 Å². The molecule has 1 aromatic carbocycles. The lowest BCUT2D eigenvalue weighted by Gasteiger charge is -2.35. The van der Waals surface area contributed by atoms with E-state index in [-0.39, 0.29) is 30.1 Å². The smallest absolute Gasteiger partial charge is 0.409 e. The number of hydrogen-bond acceptors (Lipinski definition) is 4. The van der Waals surface area contributed by atoms with Crippen molar-refractivity contribution < 1.29 is 9.53 Å². The van der Waals surface area contributed by atoms with E-state index in [1.807, 2.05) is 36.0 Å². The molecule has 1 fully saturated rings. The lowest BCUT2D eigenvalue weighted by Crippen LogP contribution is -2.53. The summed E-state index contributed by atoms with van der Waals surface area (Å²) < 4.78 is 7.02. The van der Waals surface area contributed by atoms with E-state index in [0.717, 1.165) is 32.1 Å². The fourth-order valence-corrected chi connectivity index (χ4v) is 3.34. The summed E-state index contributed by atoms with van der Waals surface area (Å²) >= 11 is 0. The van der Waals surface area contributed by atoms with Crippen molar-refractivity contribution in [3.63, 3.8) is 0 Å². The maximum Gasteiger partial charge on any atom is 0.409 e. The first-order chi connectivity index (χ1) is 14.2. The zero-order valence-electron chi connectivity index (χ0n) is 17.7. The molecule has 1 saturated heterocycles. The van der Waals surface area contributed by atoms with Gasteiger partial charge in [-0.3, -0.25) is 4.68 Å². The molecule has 0 atom stereocenters. The van der Waals surface area contributed by atoms with E-state index < -0.39 is 0 Å². The fourth-order valence-electron chi connectivity index (χ4n) is 3.34. The van der Waals surface area contributed by atoms with Crippen LogP contribution >= 0.6 is 24.0 Å². The number of amides is 1. The normalized spacial score (nSPS) is 14.3. The van der Waals surface area contributed by atoms with Gasteiger partial charge >= 0.3 is 6.09 Å². The Labute approximate surface area is 195 Å². The molecule has 3 rings (SSSR count). The van der Waals surface area contributed by atoms with E-state index in [1.54, 1.807) is 11.1 Å². The average molecular weight is 526 g/mol. The van der Waals surface area contributed by atoms with Gasteiger partial charge < -0.3 is 19.9 Å². The number of nitrogens with one attached hydrogen (secondary N) is 1. The van der Waals surface area contributed by atoms with Gasteiger partial charge in [0.1, 0.15) is 0 Å². The highest BCUT2D eigenvalue weighted by Crippen LogP contribution is 2.13. The number of carbonyl (C=O) groups is 1. The van der Waals surface area contributed by atoms with Crippen molar-refractivity contribution in [2.45, 2.75) is 26.9 Å². The number of aromatic nitrogens is 2. The van der Waals surface area contributed by atoms with Gasteiger partial charge in [-0.05, 0) is 31.0 Å². The van der Waals surface area contributed by atoms with Crippen molar-refractivity contribution in [2.24, 2.45) is 4.99 Å². The van der Waals surface area contributed by atoms with Crippen LogP contribution in [0.2, 0.25) is 0 Å². The second-order valence-electron chi connectivity index (χ2n) is 6.82. The summed E-state index contributed by atoms with van der Waals surface area (Å²) in [5.74, 6) is 0.880. The number of benzene rings is 1. The highest BCUT2D eigenvalue weighted by atomic mass is 127. The third kappa shape index (κ3) is 6.61. The van der Waals surface area contributed by atoms with Crippen molar-refractivity contribution in [3.05, 3.63) is 53.9 Å². The Kier molecular flexibility index (Phi) is 9.92. The molecule has 2 aromatic rings. The first kappa shape index (κ1) is 24.0. The number of rotatable bonds is 6. The summed E-state index contributed by atoms with van der Waals surface area (Å²) in [4.78, 5) is 20.7. The van der Waals surface area contributed by atoms with Crippen LogP contribution in [0.1, 0.15) is 25.0 Å². The molecular weight excluding hydrogens is 495 g/mol. The number of carbonyl (C=O) groups excluding carboxylic acids is 1. The lowest BCUT2D eigenvalue weighted by atomic mass is 10.1.